The van der Waals surface area contributed by atoms with Crippen LogP contribution in [0.1, 0.15) is 25.3 Å². The molecule has 3 rings (SSSR count). The van der Waals surface area contributed by atoms with Crippen molar-refractivity contribution in [2.75, 3.05) is 13.7 Å². The summed E-state index contributed by atoms with van der Waals surface area (Å²) in [6.45, 7) is 2.44. The molecule has 1 fully saturated rings. The lowest BCUT2D eigenvalue weighted by atomic mass is 9.92. The van der Waals surface area contributed by atoms with Gasteiger partial charge in [-0.2, -0.15) is 0 Å². The first-order chi connectivity index (χ1) is 9.14. The minimum absolute atomic E-state index is 0.301. The zero-order valence-corrected chi connectivity index (χ0v) is 11.1. The predicted molar refractivity (Wildman–Crippen MR) is 69.6 cm³/mol. The van der Waals surface area contributed by atoms with Crippen molar-refractivity contribution in [3.8, 4) is 5.75 Å². The molecule has 1 aromatic rings. The van der Waals surface area contributed by atoms with Gasteiger partial charge in [-0.25, -0.2) is 4.79 Å². The van der Waals surface area contributed by atoms with Gasteiger partial charge in [0.1, 0.15) is 5.75 Å². The zero-order valence-electron chi connectivity index (χ0n) is 11.1. The fourth-order valence-corrected chi connectivity index (χ4v) is 2.67. The molecule has 19 heavy (non-hydrogen) atoms. The lowest BCUT2D eigenvalue weighted by molar-refractivity contribution is -0.201. The number of carbonyl (C=O) groups excluding carboxylic acids is 1. The topological polar surface area (TPSA) is 44.8 Å². The van der Waals surface area contributed by atoms with Gasteiger partial charge in [-0.1, -0.05) is 12.1 Å². The van der Waals surface area contributed by atoms with E-state index in [1.807, 2.05) is 31.2 Å². The van der Waals surface area contributed by atoms with Crippen molar-refractivity contribution < 1.29 is 19.0 Å². The van der Waals surface area contributed by atoms with Gasteiger partial charge in [-0.15, -0.1) is 0 Å². The van der Waals surface area contributed by atoms with E-state index in [9.17, 15) is 4.79 Å². The van der Waals surface area contributed by atoms with E-state index in [0.29, 0.717) is 12.2 Å². The van der Waals surface area contributed by atoms with Crippen LogP contribution < -0.4 is 4.74 Å². The van der Waals surface area contributed by atoms with Crippen LogP contribution in [0.25, 0.3) is 5.57 Å². The molecule has 2 aliphatic heterocycles. The standard InChI is InChI=1S/C15H16O4/c1-15-12(4-3-9-18-15)13(14(16)19-15)10-5-7-11(17-2)8-6-10/h5-8H,3-4,9H2,1-2H3/t15-/m0/s1. The highest BCUT2D eigenvalue weighted by molar-refractivity contribution is 6.20. The Morgan fingerprint density at radius 1 is 1.26 bits per heavy atom. The van der Waals surface area contributed by atoms with E-state index in [1.54, 1.807) is 7.11 Å². The average Bonchev–Trinajstić information content (AvgIpc) is 2.69. The Balaban J connectivity index is 2.05. The molecule has 0 spiro atoms. The Kier molecular flexibility index (Phi) is 2.82. The third-order valence-electron chi connectivity index (χ3n) is 3.67. The highest BCUT2D eigenvalue weighted by atomic mass is 16.7. The third kappa shape index (κ3) is 1.92. The number of fused-ring (bicyclic) bond motifs is 1. The summed E-state index contributed by atoms with van der Waals surface area (Å²) in [5.74, 6) is -0.405. The van der Waals surface area contributed by atoms with Crippen molar-refractivity contribution >= 4 is 11.5 Å². The second-order valence-electron chi connectivity index (χ2n) is 4.87. The van der Waals surface area contributed by atoms with Gasteiger partial charge in [-0.3, -0.25) is 0 Å². The number of methoxy groups -OCH3 is 1. The summed E-state index contributed by atoms with van der Waals surface area (Å²) in [5, 5.41) is 0. The van der Waals surface area contributed by atoms with Gasteiger partial charge >= 0.3 is 5.97 Å². The number of carbonyl (C=O) groups is 1. The molecule has 1 saturated heterocycles. The summed E-state index contributed by atoms with van der Waals surface area (Å²) >= 11 is 0. The van der Waals surface area contributed by atoms with Crippen LogP contribution in [0.15, 0.2) is 29.8 Å². The van der Waals surface area contributed by atoms with Crippen LogP contribution in [0.3, 0.4) is 0 Å². The van der Waals surface area contributed by atoms with E-state index < -0.39 is 5.79 Å². The quantitative estimate of drug-likeness (QED) is 0.766. The molecule has 0 saturated carbocycles. The van der Waals surface area contributed by atoms with E-state index in [1.165, 1.54) is 0 Å². The number of esters is 1. The largest absolute Gasteiger partial charge is 0.497 e. The maximum atomic E-state index is 12.1. The fourth-order valence-electron chi connectivity index (χ4n) is 2.67. The summed E-state index contributed by atoms with van der Waals surface area (Å²) in [6.07, 6.45) is 1.75. The normalized spacial score (nSPS) is 26.1. The van der Waals surface area contributed by atoms with Crippen LogP contribution in [-0.4, -0.2) is 25.5 Å². The molecule has 0 aliphatic carbocycles. The Morgan fingerprint density at radius 2 is 2.00 bits per heavy atom. The molecule has 2 heterocycles. The molecule has 0 radical (unpaired) electrons. The molecule has 0 bridgehead atoms. The van der Waals surface area contributed by atoms with Gasteiger partial charge in [0, 0.05) is 12.5 Å². The van der Waals surface area contributed by atoms with Crippen LogP contribution in [0.4, 0.5) is 0 Å². The van der Waals surface area contributed by atoms with Crippen LogP contribution in [0.2, 0.25) is 0 Å². The van der Waals surface area contributed by atoms with Gasteiger partial charge in [0.05, 0.1) is 19.3 Å². The van der Waals surface area contributed by atoms with E-state index >= 15 is 0 Å². The van der Waals surface area contributed by atoms with Crippen molar-refractivity contribution in [3.63, 3.8) is 0 Å². The Morgan fingerprint density at radius 3 is 2.68 bits per heavy atom. The second kappa shape index (κ2) is 4.38. The Labute approximate surface area is 112 Å². The number of rotatable bonds is 2. The third-order valence-corrected chi connectivity index (χ3v) is 3.67. The lowest BCUT2D eigenvalue weighted by Gasteiger charge is -2.30. The highest BCUT2D eigenvalue weighted by Crippen LogP contribution is 2.43. The van der Waals surface area contributed by atoms with Crippen molar-refractivity contribution in [1.82, 2.24) is 0 Å². The molecule has 0 N–H and O–H groups in total. The van der Waals surface area contributed by atoms with Crippen molar-refractivity contribution in [2.45, 2.75) is 25.6 Å². The minimum Gasteiger partial charge on any atom is -0.497 e. The van der Waals surface area contributed by atoms with Crippen LogP contribution >= 0.6 is 0 Å². The van der Waals surface area contributed by atoms with Crippen molar-refractivity contribution in [3.05, 3.63) is 35.4 Å². The first-order valence-electron chi connectivity index (χ1n) is 6.39. The zero-order chi connectivity index (χ0) is 13.5. The number of ether oxygens (including phenoxy) is 3. The molecule has 4 nitrogen and oxygen atoms in total. The first kappa shape index (κ1) is 12.2. The van der Waals surface area contributed by atoms with Crippen LogP contribution in [0, 0.1) is 0 Å². The molecule has 4 heteroatoms. The molecule has 100 valence electrons. The predicted octanol–water partition coefficient (Wildman–Crippen LogP) is 2.53. The Hall–Kier alpha value is -1.81. The van der Waals surface area contributed by atoms with Crippen molar-refractivity contribution in [2.24, 2.45) is 0 Å². The molecule has 1 atom stereocenters. The van der Waals surface area contributed by atoms with Gasteiger partial charge < -0.3 is 14.2 Å². The summed E-state index contributed by atoms with van der Waals surface area (Å²) < 4.78 is 16.2. The number of benzene rings is 1. The monoisotopic (exact) mass is 260 g/mol. The summed E-state index contributed by atoms with van der Waals surface area (Å²) in [5.41, 5.74) is 2.45. The minimum atomic E-state index is -0.870. The molecule has 0 unspecified atom stereocenters. The average molecular weight is 260 g/mol. The van der Waals surface area contributed by atoms with Crippen molar-refractivity contribution in [1.29, 1.82) is 0 Å². The van der Waals surface area contributed by atoms with E-state index in [-0.39, 0.29) is 5.97 Å². The summed E-state index contributed by atoms with van der Waals surface area (Å²) in [7, 11) is 1.62. The molecule has 1 aromatic carbocycles. The second-order valence-corrected chi connectivity index (χ2v) is 4.87. The molecular formula is C15H16O4. The summed E-state index contributed by atoms with van der Waals surface area (Å²) in [4.78, 5) is 12.1. The van der Waals surface area contributed by atoms with E-state index in [2.05, 4.69) is 0 Å². The van der Waals surface area contributed by atoms with Gasteiger partial charge in [0.2, 0.25) is 5.79 Å². The fraction of sp³-hybridized carbons (Fsp3) is 0.400. The summed E-state index contributed by atoms with van der Waals surface area (Å²) in [6, 6.07) is 7.44. The van der Waals surface area contributed by atoms with Crippen LogP contribution in [-0.2, 0) is 14.3 Å². The smallest absolute Gasteiger partial charge is 0.341 e. The lowest BCUT2D eigenvalue weighted by Crippen LogP contribution is -2.35. The Bertz CT molecular complexity index is 544. The van der Waals surface area contributed by atoms with Gasteiger partial charge in [0.25, 0.3) is 0 Å². The van der Waals surface area contributed by atoms with E-state index in [4.69, 9.17) is 14.2 Å². The number of hydrogen-bond donors (Lipinski definition) is 0. The molecule has 2 aliphatic rings. The number of hydrogen-bond acceptors (Lipinski definition) is 4. The molecule has 0 aromatic heterocycles. The molecule has 0 amide bonds. The maximum absolute atomic E-state index is 12.1. The SMILES string of the molecule is COc1ccc(C2=C3CCCO[C@@]3(C)OC2=O)cc1. The van der Waals surface area contributed by atoms with Gasteiger partial charge in [0.15, 0.2) is 0 Å². The molecular weight excluding hydrogens is 244 g/mol. The highest BCUT2D eigenvalue weighted by Gasteiger charge is 2.46. The first-order valence-corrected chi connectivity index (χ1v) is 6.39. The van der Waals surface area contributed by atoms with E-state index in [0.717, 1.165) is 29.7 Å². The van der Waals surface area contributed by atoms with Crippen LogP contribution in [0.5, 0.6) is 5.75 Å². The van der Waals surface area contributed by atoms with Gasteiger partial charge in [-0.05, 0) is 30.5 Å². The maximum Gasteiger partial charge on any atom is 0.341 e.